The Hall–Kier alpha value is -0.440. The molecular weight excluding hydrogens is 404 g/mol. The lowest BCUT2D eigenvalue weighted by Crippen LogP contribution is -2.12. The molecule has 2 aromatic rings. The molecule has 2 aromatic heterocycles. The van der Waals surface area contributed by atoms with Crippen molar-refractivity contribution in [2.75, 3.05) is 4.72 Å². The zero-order chi connectivity index (χ0) is 13.3. The van der Waals surface area contributed by atoms with Crippen molar-refractivity contribution in [1.82, 2.24) is 4.98 Å². The van der Waals surface area contributed by atoms with E-state index in [1.165, 1.54) is 17.5 Å². The summed E-state index contributed by atoms with van der Waals surface area (Å²) in [5, 5.41) is 0. The van der Waals surface area contributed by atoms with Gasteiger partial charge in [0.05, 0.1) is 3.79 Å². The predicted octanol–water partition coefficient (Wildman–Crippen LogP) is 3.78. The fraction of sp³-hybridized carbons (Fsp3) is 0.100. The summed E-state index contributed by atoms with van der Waals surface area (Å²) >= 11 is 7.72. The first-order valence-electron chi connectivity index (χ1n) is 4.79. The molecule has 0 bridgehead atoms. The minimum atomic E-state index is -3.57. The second-order valence-corrected chi connectivity index (χ2v) is 8.68. The van der Waals surface area contributed by atoms with Crippen molar-refractivity contribution >= 4 is 59.0 Å². The van der Waals surface area contributed by atoms with E-state index in [1.807, 2.05) is 6.92 Å². The molecule has 0 amide bonds. The van der Waals surface area contributed by atoms with Gasteiger partial charge < -0.3 is 0 Å². The quantitative estimate of drug-likeness (QED) is 0.835. The van der Waals surface area contributed by atoms with Crippen LogP contribution in [0.3, 0.4) is 0 Å². The number of anilines is 1. The highest BCUT2D eigenvalue weighted by Crippen LogP contribution is 2.31. The van der Waals surface area contributed by atoms with Gasteiger partial charge in [-0.3, -0.25) is 4.72 Å². The molecule has 0 aliphatic rings. The van der Waals surface area contributed by atoms with E-state index in [0.29, 0.717) is 5.82 Å². The summed E-state index contributed by atoms with van der Waals surface area (Å²) in [5.74, 6) is 0.292. The molecule has 0 radical (unpaired) electrons. The Morgan fingerprint density at radius 1 is 1.33 bits per heavy atom. The number of aryl methyl sites for hydroxylation is 1. The highest BCUT2D eigenvalue weighted by molar-refractivity contribution is 9.11. The van der Waals surface area contributed by atoms with E-state index in [4.69, 9.17) is 0 Å². The highest BCUT2D eigenvalue weighted by Gasteiger charge is 2.18. The van der Waals surface area contributed by atoms with Gasteiger partial charge in [-0.05, 0) is 62.5 Å². The molecule has 0 saturated carbocycles. The first-order valence-corrected chi connectivity index (χ1v) is 8.67. The Bertz CT molecular complexity index is 646. The number of nitrogens with zero attached hydrogens (tertiary/aromatic N) is 1. The van der Waals surface area contributed by atoms with Gasteiger partial charge >= 0.3 is 0 Å². The smallest absolute Gasteiger partial charge is 0.263 e. The number of nitrogens with one attached hydrogen (secondary N) is 1. The topological polar surface area (TPSA) is 59.1 Å². The molecule has 0 aliphatic carbocycles. The summed E-state index contributed by atoms with van der Waals surface area (Å²) in [4.78, 5) is 3.97. The van der Waals surface area contributed by atoms with Gasteiger partial charge in [0.15, 0.2) is 0 Å². The van der Waals surface area contributed by atoms with Crippen LogP contribution in [-0.2, 0) is 10.0 Å². The average molecular weight is 412 g/mol. The molecule has 0 aliphatic heterocycles. The van der Waals surface area contributed by atoms with Crippen molar-refractivity contribution < 1.29 is 8.42 Å². The van der Waals surface area contributed by atoms with Crippen molar-refractivity contribution in [3.05, 3.63) is 38.2 Å². The van der Waals surface area contributed by atoms with Crippen molar-refractivity contribution in [3.63, 3.8) is 0 Å². The fourth-order valence-corrected chi connectivity index (χ4v) is 4.66. The van der Waals surface area contributed by atoms with Crippen molar-refractivity contribution in [2.45, 2.75) is 11.1 Å². The first kappa shape index (κ1) is 14.0. The molecule has 96 valence electrons. The number of sulfonamides is 1. The van der Waals surface area contributed by atoms with Gasteiger partial charge in [-0.2, -0.15) is 0 Å². The number of hydrogen-bond acceptors (Lipinski definition) is 4. The minimum absolute atomic E-state index is 0.261. The SMILES string of the molecule is Cc1cc(S(=O)(=O)Nc2ccc(Br)cn2)sc1Br. The van der Waals surface area contributed by atoms with Gasteiger partial charge in [0.2, 0.25) is 0 Å². The maximum absolute atomic E-state index is 12.1. The average Bonchev–Trinajstić information content (AvgIpc) is 2.63. The summed E-state index contributed by atoms with van der Waals surface area (Å²) in [6.45, 7) is 1.84. The van der Waals surface area contributed by atoms with E-state index in [-0.39, 0.29) is 4.21 Å². The van der Waals surface area contributed by atoms with Crippen LogP contribution in [0.4, 0.5) is 5.82 Å². The third kappa shape index (κ3) is 3.11. The molecule has 8 heteroatoms. The molecule has 1 N–H and O–H groups in total. The van der Waals surface area contributed by atoms with E-state index in [9.17, 15) is 8.42 Å². The van der Waals surface area contributed by atoms with Crippen LogP contribution in [0.2, 0.25) is 0 Å². The molecule has 2 heterocycles. The van der Waals surface area contributed by atoms with Gasteiger partial charge in [-0.1, -0.05) is 0 Å². The molecular formula is C10H8Br2N2O2S2. The lowest BCUT2D eigenvalue weighted by Gasteiger charge is -2.04. The summed E-state index contributed by atoms with van der Waals surface area (Å²) in [6.07, 6.45) is 1.54. The highest BCUT2D eigenvalue weighted by atomic mass is 79.9. The van der Waals surface area contributed by atoms with Crippen LogP contribution in [0.5, 0.6) is 0 Å². The molecule has 0 aromatic carbocycles. The molecule has 18 heavy (non-hydrogen) atoms. The Morgan fingerprint density at radius 3 is 2.56 bits per heavy atom. The summed E-state index contributed by atoms with van der Waals surface area (Å²) in [7, 11) is -3.57. The largest absolute Gasteiger partial charge is 0.272 e. The van der Waals surface area contributed by atoms with Crippen LogP contribution < -0.4 is 4.72 Å². The lowest BCUT2D eigenvalue weighted by molar-refractivity contribution is 0.603. The second kappa shape index (κ2) is 5.28. The van der Waals surface area contributed by atoms with Gasteiger partial charge in [0.1, 0.15) is 10.0 Å². The minimum Gasteiger partial charge on any atom is -0.263 e. The Balaban J connectivity index is 2.29. The van der Waals surface area contributed by atoms with E-state index < -0.39 is 10.0 Å². The van der Waals surface area contributed by atoms with E-state index in [2.05, 4.69) is 41.6 Å². The zero-order valence-electron chi connectivity index (χ0n) is 9.15. The third-order valence-electron chi connectivity index (χ3n) is 2.07. The molecule has 0 atom stereocenters. The predicted molar refractivity (Wildman–Crippen MR) is 79.5 cm³/mol. The van der Waals surface area contributed by atoms with Crippen molar-refractivity contribution in [1.29, 1.82) is 0 Å². The normalized spacial score (nSPS) is 11.5. The summed E-state index contributed by atoms with van der Waals surface area (Å²) < 4.78 is 28.5. The number of thiophene rings is 1. The van der Waals surface area contributed by atoms with Gasteiger partial charge in [-0.25, -0.2) is 13.4 Å². The molecule has 0 spiro atoms. The van der Waals surface area contributed by atoms with Crippen LogP contribution >= 0.6 is 43.2 Å². The number of rotatable bonds is 3. The number of hydrogen-bond donors (Lipinski definition) is 1. The van der Waals surface area contributed by atoms with Crippen LogP contribution in [0.1, 0.15) is 5.56 Å². The number of halogens is 2. The first-order chi connectivity index (χ1) is 8.38. The van der Waals surface area contributed by atoms with Crippen LogP contribution in [-0.4, -0.2) is 13.4 Å². The van der Waals surface area contributed by atoms with Crippen molar-refractivity contribution in [2.24, 2.45) is 0 Å². The summed E-state index contributed by atoms with van der Waals surface area (Å²) in [5.41, 5.74) is 0.893. The van der Waals surface area contributed by atoms with Crippen LogP contribution in [0.15, 0.2) is 36.9 Å². The van der Waals surface area contributed by atoms with Crippen LogP contribution in [0.25, 0.3) is 0 Å². The lowest BCUT2D eigenvalue weighted by atomic mass is 10.4. The van der Waals surface area contributed by atoms with E-state index in [1.54, 1.807) is 18.2 Å². The monoisotopic (exact) mass is 410 g/mol. The maximum atomic E-state index is 12.1. The zero-order valence-corrected chi connectivity index (χ0v) is 14.0. The third-order valence-corrected chi connectivity index (χ3v) is 6.50. The number of pyridine rings is 1. The Labute approximate surface area is 126 Å². The molecule has 2 rings (SSSR count). The van der Waals surface area contributed by atoms with E-state index >= 15 is 0 Å². The molecule has 0 fully saturated rings. The Kier molecular flexibility index (Phi) is 4.10. The molecule has 4 nitrogen and oxygen atoms in total. The standard InChI is InChI=1S/C10H8Br2N2O2S2/c1-6-4-9(17-10(6)12)18(15,16)14-8-3-2-7(11)5-13-8/h2-5H,1H3,(H,13,14). The summed E-state index contributed by atoms with van der Waals surface area (Å²) in [6, 6.07) is 4.94. The van der Waals surface area contributed by atoms with Crippen molar-refractivity contribution in [3.8, 4) is 0 Å². The van der Waals surface area contributed by atoms with E-state index in [0.717, 1.165) is 13.8 Å². The molecule has 0 unspecified atom stereocenters. The Morgan fingerprint density at radius 2 is 2.06 bits per heavy atom. The maximum Gasteiger partial charge on any atom is 0.272 e. The fourth-order valence-electron chi connectivity index (χ4n) is 1.19. The second-order valence-electron chi connectivity index (χ2n) is 3.49. The van der Waals surface area contributed by atoms with Gasteiger partial charge in [0, 0.05) is 10.7 Å². The van der Waals surface area contributed by atoms with Crippen LogP contribution in [0, 0.1) is 6.92 Å². The van der Waals surface area contributed by atoms with Gasteiger partial charge in [-0.15, -0.1) is 11.3 Å². The van der Waals surface area contributed by atoms with Gasteiger partial charge in [0.25, 0.3) is 10.0 Å². The number of aromatic nitrogens is 1. The molecule has 0 saturated heterocycles.